The number of fused-ring (bicyclic) bond motifs is 11. The van der Waals surface area contributed by atoms with Crippen LogP contribution in [0, 0.1) is 0 Å². The summed E-state index contributed by atoms with van der Waals surface area (Å²) in [5, 5.41) is 10.1. The second-order valence-electron chi connectivity index (χ2n) is 12.6. The van der Waals surface area contributed by atoms with Crippen LogP contribution in [-0.4, -0.2) is 27.2 Å². The van der Waals surface area contributed by atoms with Crippen LogP contribution in [0.3, 0.4) is 0 Å². The van der Waals surface area contributed by atoms with Crippen molar-refractivity contribution >= 4 is 72.8 Å². The van der Waals surface area contributed by atoms with Gasteiger partial charge in [0.1, 0.15) is 13.9 Å². The van der Waals surface area contributed by atoms with Crippen molar-refractivity contribution in [3.63, 3.8) is 0 Å². The number of rotatable bonds is 2. The standard InChI is InChI=1S/C40H28N4Si/c1-45(2)35-24-23-25-13-3-4-14-26(25)36(35)37-38(45)39(43-31-19-9-5-15-27(31)28-16-6-10-20-32(28)43)42-40(41-37)44-33-21-11-7-17-29(33)30-18-8-12-22-34(30)44/h3-24H,1-2H3. The first-order chi connectivity index (χ1) is 22.1. The Hall–Kier alpha value is -5.52. The topological polar surface area (TPSA) is 35.6 Å². The van der Waals surface area contributed by atoms with Gasteiger partial charge in [0.05, 0.1) is 27.8 Å². The van der Waals surface area contributed by atoms with Crippen molar-refractivity contribution < 1.29 is 0 Å². The molecule has 0 spiro atoms. The van der Waals surface area contributed by atoms with E-state index in [2.05, 4.69) is 156 Å². The van der Waals surface area contributed by atoms with Crippen LogP contribution < -0.4 is 10.4 Å². The van der Waals surface area contributed by atoms with Gasteiger partial charge >= 0.3 is 0 Å². The summed E-state index contributed by atoms with van der Waals surface area (Å²) in [5.74, 6) is 1.69. The van der Waals surface area contributed by atoms with E-state index in [1.54, 1.807) is 0 Å². The minimum absolute atomic E-state index is 0.702. The highest BCUT2D eigenvalue weighted by molar-refractivity contribution is 7.04. The zero-order chi connectivity index (χ0) is 29.9. The number of para-hydroxylation sites is 4. The zero-order valence-electron chi connectivity index (χ0n) is 25.0. The summed E-state index contributed by atoms with van der Waals surface area (Å²) in [6.07, 6.45) is 0. The molecule has 9 aromatic rings. The van der Waals surface area contributed by atoms with Gasteiger partial charge in [0.2, 0.25) is 5.95 Å². The van der Waals surface area contributed by atoms with E-state index in [1.807, 2.05) is 0 Å². The number of benzene rings is 6. The van der Waals surface area contributed by atoms with Crippen molar-refractivity contribution in [3.05, 3.63) is 133 Å². The molecule has 212 valence electrons. The molecule has 6 aromatic carbocycles. The van der Waals surface area contributed by atoms with Crippen molar-refractivity contribution in [2.45, 2.75) is 13.1 Å². The van der Waals surface area contributed by atoms with Gasteiger partial charge in [-0.25, -0.2) is 4.98 Å². The fourth-order valence-electron chi connectivity index (χ4n) is 7.93. The van der Waals surface area contributed by atoms with Gasteiger partial charge in [-0.15, -0.1) is 0 Å². The Kier molecular flexibility index (Phi) is 4.85. The largest absolute Gasteiger partial charge is 0.294 e. The molecule has 5 heteroatoms. The molecule has 0 amide bonds. The molecule has 3 aromatic heterocycles. The average molecular weight is 593 g/mol. The normalized spacial score (nSPS) is 13.7. The minimum atomic E-state index is -2.24. The fourth-order valence-corrected chi connectivity index (χ4v) is 11.1. The van der Waals surface area contributed by atoms with Crippen molar-refractivity contribution in [1.29, 1.82) is 0 Å². The molecule has 0 saturated heterocycles. The first kappa shape index (κ1) is 24.9. The SMILES string of the molecule is C[Si]1(C)c2ccc3ccccc3c2-c2nc(-n3c4ccccc4c4ccccc43)nc(-n3c4ccccc4c4ccccc43)c21. The van der Waals surface area contributed by atoms with E-state index in [9.17, 15) is 0 Å². The summed E-state index contributed by atoms with van der Waals surface area (Å²) in [4.78, 5) is 11.2. The van der Waals surface area contributed by atoms with Gasteiger partial charge in [0.15, 0.2) is 0 Å². The molecule has 10 rings (SSSR count). The number of nitrogens with zero attached hydrogens (tertiary/aromatic N) is 4. The Morgan fingerprint density at radius 1 is 0.467 bits per heavy atom. The maximum atomic E-state index is 5.64. The smallest absolute Gasteiger partial charge is 0.237 e. The third kappa shape index (κ3) is 3.20. The zero-order valence-corrected chi connectivity index (χ0v) is 26.0. The van der Waals surface area contributed by atoms with E-state index in [0.29, 0.717) is 5.95 Å². The lowest BCUT2D eigenvalue weighted by Gasteiger charge is -2.23. The quantitative estimate of drug-likeness (QED) is 0.188. The summed E-state index contributed by atoms with van der Waals surface area (Å²) >= 11 is 0. The van der Waals surface area contributed by atoms with Crippen molar-refractivity contribution in [1.82, 2.24) is 19.1 Å². The monoisotopic (exact) mass is 592 g/mol. The molecule has 0 fully saturated rings. The molecule has 45 heavy (non-hydrogen) atoms. The van der Waals surface area contributed by atoms with E-state index in [1.165, 1.54) is 59.3 Å². The third-order valence-electron chi connectivity index (χ3n) is 9.91. The van der Waals surface area contributed by atoms with Gasteiger partial charge in [-0.1, -0.05) is 122 Å². The van der Waals surface area contributed by atoms with Crippen molar-refractivity contribution in [3.8, 4) is 23.0 Å². The first-order valence-corrected chi connectivity index (χ1v) is 18.5. The Bertz CT molecular complexity index is 2590. The molecule has 0 radical (unpaired) electrons. The Balaban J connectivity index is 1.43. The molecular weight excluding hydrogens is 565 g/mol. The molecule has 0 N–H and O–H groups in total. The van der Waals surface area contributed by atoms with Crippen LogP contribution in [0.1, 0.15) is 0 Å². The van der Waals surface area contributed by atoms with Crippen LogP contribution in [0.4, 0.5) is 0 Å². The summed E-state index contributed by atoms with van der Waals surface area (Å²) in [7, 11) is -2.24. The second kappa shape index (κ2) is 8.77. The lowest BCUT2D eigenvalue weighted by Crippen LogP contribution is -2.51. The van der Waals surface area contributed by atoms with Crippen molar-refractivity contribution in [2.75, 3.05) is 0 Å². The number of hydrogen-bond acceptors (Lipinski definition) is 2. The third-order valence-corrected chi connectivity index (χ3v) is 13.4. The molecule has 0 aliphatic carbocycles. The van der Waals surface area contributed by atoms with E-state index in [0.717, 1.165) is 22.5 Å². The highest BCUT2D eigenvalue weighted by Crippen LogP contribution is 2.39. The highest BCUT2D eigenvalue weighted by Gasteiger charge is 2.43. The van der Waals surface area contributed by atoms with Crippen LogP contribution in [0.5, 0.6) is 0 Å². The highest BCUT2D eigenvalue weighted by atomic mass is 28.3. The van der Waals surface area contributed by atoms with Gasteiger partial charge in [0.25, 0.3) is 0 Å². The van der Waals surface area contributed by atoms with Crippen LogP contribution >= 0.6 is 0 Å². The van der Waals surface area contributed by atoms with E-state index < -0.39 is 8.07 Å². The predicted octanol–water partition coefficient (Wildman–Crippen LogP) is 8.63. The summed E-state index contributed by atoms with van der Waals surface area (Å²) in [5.41, 5.74) is 6.89. The number of hydrogen-bond donors (Lipinski definition) is 0. The molecule has 0 unspecified atom stereocenters. The molecule has 0 saturated carbocycles. The summed E-state index contributed by atoms with van der Waals surface area (Å²) in [6, 6.07) is 48.1. The Morgan fingerprint density at radius 2 is 0.933 bits per heavy atom. The van der Waals surface area contributed by atoms with Crippen LogP contribution in [0.2, 0.25) is 13.1 Å². The van der Waals surface area contributed by atoms with E-state index >= 15 is 0 Å². The van der Waals surface area contributed by atoms with Gasteiger partial charge in [0, 0.05) is 32.3 Å². The van der Waals surface area contributed by atoms with Crippen LogP contribution in [0.15, 0.2) is 133 Å². The average Bonchev–Trinajstić information content (AvgIpc) is 3.68. The fraction of sp³-hybridized carbons (Fsp3) is 0.0500. The molecule has 0 atom stereocenters. The lowest BCUT2D eigenvalue weighted by atomic mass is 10.0. The molecule has 0 bridgehead atoms. The van der Waals surface area contributed by atoms with E-state index in [-0.39, 0.29) is 0 Å². The van der Waals surface area contributed by atoms with Gasteiger partial charge in [-0.2, -0.15) is 4.98 Å². The first-order valence-electron chi connectivity index (χ1n) is 15.5. The maximum Gasteiger partial charge on any atom is 0.237 e. The maximum absolute atomic E-state index is 5.64. The summed E-state index contributed by atoms with van der Waals surface area (Å²) < 4.78 is 4.67. The molecular formula is C40H28N4Si. The predicted molar refractivity (Wildman–Crippen MR) is 190 cm³/mol. The van der Waals surface area contributed by atoms with Gasteiger partial charge in [-0.3, -0.25) is 9.13 Å². The Labute approximate surface area is 260 Å². The number of aromatic nitrogens is 4. The molecule has 1 aliphatic heterocycles. The molecule has 1 aliphatic rings. The second-order valence-corrected chi connectivity index (χ2v) is 16.9. The minimum Gasteiger partial charge on any atom is -0.294 e. The van der Waals surface area contributed by atoms with Crippen LogP contribution in [-0.2, 0) is 0 Å². The molecule has 4 nitrogen and oxygen atoms in total. The van der Waals surface area contributed by atoms with Gasteiger partial charge in [-0.05, 0) is 40.2 Å². The Morgan fingerprint density at radius 3 is 1.49 bits per heavy atom. The van der Waals surface area contributed by atoms with Crippen LogP contribution in [0.25, 0.3) is 77.4 Å². The summed E-state index contributed by atoms with van der Waals surface area (Å²) in [6.45, 7) is 4.93. The van der Waals surface area contributed by atoms with E-state index in [4.69, 9.17) is 9.97 Å². The molecule has 4 heterocycles. The van der Waals surface area contributed by atoms with Gasteiger partial charge < -0.3 is 0 Å². The van der Waals surface area contributed by atoms with Crippen molar-refractivity contribution in [2.24, 2.45) is 0 Å². The lowest BCUT2D eigenvalue weighted by molar-refractivity contribution is 0.961.